The summed E-state index contributed by atoms with van der Waals surface area (Å²) in [5.74, 6) is -1.20. The zero-order valence-electron chi connectivity index (χ0n) is 12.8. The number of hydrogen-bond donors (Lipinski definition) is 1. The Morgan fingerprint density at radius 2 is 2.17 bits per heavy atom. The van der Waals surface area contributed by atoms with Gasteiger partial charge in [-0.3, -0.25) is 9.59 Å². The predicted octanol–water partition coefficient (Wildman–Crippen LogP) is 3.77. The molecule has 1 saturated heterocycles. The quantitative estimate of drug-likeness (QED) is 0.866. The van der Waals surface area contributed by atoms with Gasteiger partial charge in [-0.1, -0.05) is 29.3 Å². The lowest BCUT2D eigenvalue weighted by atomic mass is 9.88. The van der Waals surface area contributed by atoms with E-state index in [1.54, 1.807) is 18.2 Å². The van der Waals surface area contributed by atoms with Crippen molar-refractivity contribution in [2.24, 2.45) is 5.41 Å². The third kappa shape index (κ3) is 2.88. The van der Waals surface area contributed by atoms with Crippen LogP contribution in [-0.2, 0) is 9.53 Å². The first kappa shape index (κ1) is 17.5. The summed E-state index contributed by atoms with van der Waals surface area (Å²) in [5.41, 5.74) is -1.06. The number of carbonyl (C=O) groups is 2. The summed E-state index contributed by atoms with van der Waals surface area (Å²) >= 11 is 13.6. The normalized spacial score (nSPS) is 20.7. The lowest BCUT2D eigenvalue weighted by molar-refractivity contribution is -0.151. The molecular weight excluding hydrogens is 373 g/mol. The smallest absolute Gasteiger partial charge is 0.313 e. The SMILES string of the molecule is COCC1(C(=O)O)CCN(C(=O)c2sc3cc(Cl)ccc3c2Cl)C1. The molecule has 1 aliphatic heterocycles. The number of carboxylic acid groups (broad SMARTS) is 1. The molecule has 0 aliphatic carbocycles. The number of halogens is 2. The molecule has 2 aromatic rings. The van der Waals surface area contributed by atoms with Crippen molar-refractivity contribution in [2.45, 2.75) is 6.42 Å². The molecule has 1 aliphatic rings. The predicted molar refractivity (Wildman–Crippen MR) is 94.3 cm³/mol. The van der Waals surface area contributed by atoms with E-state index in [1.165, 1.54) is 23.3 Å². The molecule has 1 aromatic carbocycles. The van der Waals surface area contributed by atoms with E-state index in [2.05, 4.69) is 0 Å². The molecule has 8 heteroatoms. The Morgan fingerprint density at radius 3 is 2.83 bits per heavy atom. The molecule has 1 aromatic heterocycles. The Morgan fingerprint density at radius 1 is 1.42 bits per heavy atom. The second kappa shape index (κ2) is 6.52. The van der Waals surface area contributed by atoms with Gasteiger partial charge in [-0.2, -0.15) is 0 Å². The summed E-state index contributed by atoms with van der Waals surface area (Å²) in [6.45, 7) is 0.544. The van der Waals surface area contributed by atoms with Gasteiger partial charge >= 0.3 is 5.97 Å². The van der Waals surface area contributed by atoms with E-state index < -0.39 is 11.4 Å². The van der Waals surface area contributed by atoms with Gasteiger partial charge in [-0.05, 0) is 18.6 Å². The molecule has 1 unspecified atom stereocenters. The monoisotopic (exact) mass is 387 g/mol. The first-order valence-electron chi connectivity index (χ1n) is 7.27. The molecule has 2 heterocycles. The average molecular weight is 388 g/mol. The van der Waals surface area contributed by atoms with Gasteiger partial charge in [0.05, 0.1) is 11.6 Å². The molecular formula is C16H15Cl2NO4S. The molecule has 1 fully saturated rings. The van der Waals surface area contributed by atoms with Crippen LogP contribution in [0.15, 0.2) is 18.2 Å². The lowest BCUT2D eigenvalue weighted by Gasteiger charge is -2.23. The number of rotatable bonds is 4. The number of ether oxygens (including phenoxy) is 1. The van der Waals surface area contributed by atoms with E-state index in [0.717, 1.165) is 10.1 Å². The van der Waals surface area contributed by atoms with Crippen LogP contribution in [0.3, 0.4) is 0 Å². The number of thiophene rings is 1. The van der Waals surface area contributed by atoms with E-state index in [4.69, 9.17) is 27.9 Å². The Hall–Kier alpha value is -1.34. The van der Waals surface area contributed by atoms with Gasteiger partial charge in [0, 0.05) is 35.3 Å². The number of aliphatic carboxylic acids is 1. The highest BCUT2D eigenvalue weighted by Crippen LogP contribution is 2.39. The fraction of sp³-hybridized carbons (Fsp3) is 0.375. The highest BCUT2D eigenvalue weighted by molar-refractivity contribution is 7.21. The number of likely N-dealkylation sites (tertiary alicyclic amines) is 1. The highest BCUT2D eigenvalue weighted by atomic mass is 35.5. The van der Waals surface area contributed by atoms with Crippen molar-refractivity contribution in [2.75, 3.05) is 26.8 Å². The zero-order valence-corrected chi connectivity index (χ0v) is 15.2. The van der Waals surface area contributed by atoms with Gasteiger partial charge in [0.15, 0.2) is 0 Å². The lowest BCUT2D eigenvalue weighted by Crippen LogP contribution is -2.40. The molecule has 1 amide bonds. The van der Waals surface area contributed by atoms with Crippen LogP contribution >= 0.6 is 34.5 Å². The van der Waals surface area contributed by atoms with Crippen molar-refractivity contribution >= 4 is 56.5 Å². The van der Waals surface area contributed by atoms with Crippen LogP contribution in [0.1, 0.15) is 16.1 Å². The van der Waals surface area contributed by atoms with Gasteiger partial charge in [0.25, 0.3) is 5.91 Å². The van der Waals surface area contributed by atoms with Crippen molar-refractivity contribution in [3.05, 3.63) is 33.1 Å². The number of methoxy groups -OCH3 is 1. The van der Waals surface area contributed by atoms with Crippen molar-refractivity contribution < 1.29 is 19.4 Å². The molecule has 0 saturated carbocycles. The van der Waals surface area contributed by atoms with Gasteiger partial charge in [-0.15, -0.1) is 11.3 Å². The van der Waals surface area contributed by atoms with E-state index in [1.807, 2.05) is 0 Å². The number of fused-ring (bicyclic) bond motifs is 1. The van der Waals surface area contributed by atoms with Gasteiger partial charge in [0.1, 0.15) is 10.3 Å². The van der Waals surface area contributed by atoms with E-state index in [0.29, 0.717) is 27.9 Å². The molecule has 3 rings (SSSR count). The van der Waals surface area contributed by atoms with Crippen LogP contribution < -0.4 is 0 Å². The molecule has 0 bridgehead atoms. The largest absolute Gasteiger partial charge is 0.481 e. The molecule has 24 heavy (non-hydrogen) atoms. The van der Waals surface area contributed by atoms with E-state index in [9.17, 15) is 14.7 Å². The standard InChI is InChI=1S/C16H15Cl2NO4S/c1-23-8-16(15(21)22)4-5-19(7-16)14(20)13-12(18)10-3-2-9(17)6-11(10)24-13/h2-3,6H,4-5,7-8H2,1H3,(H,21,22). The second-order valence-electron chi connectivity index (χ2n) is 5.88. The third-order valence-electron chi connectivity index (χ3n) is 4.30. The Bertz CT molecular complexity index is 822. The molecule has 0 radical (unpaired) electrons. The van der Waals surface area contributed by atoms with Crippen LogP contribution in [0.4, 0.5) is 0 Å². The third-order valence-corrected chi connectivity index (χ3v) is 6.18. The number of hydrogen-bond acceptors (Lipinski definition) is 4. The van der Waals surface area contributed by atoms with Crippen LogP contribution in [0.5, 0.6) is 0 Å². The molecule has 1 atom stereocenters. The first-order chi connectivity index (χ1) is 11.4. The van der Waals surface area contributed by atoms with Gasteiger partial charge in [0.2, 0.25) is 0 Å². The maximum Gasteiger partial charge on any atom is 0.313 e. The highest BCUT2D eigenvalue weighted by Gasteiger charge is 2.47. The summed E-state index contributed by atoms with van der Waals surface area (Å²) in [6, 6.07) is 5.27. The van der Waals surface area contributed by atoms with Crippen molar-refractivity contribution in [1.29, 1.82) is 0 Å². The fourth-order valence-electron chi connectivity index (χ4n) is 3.00. The van der Waals surface area contributed by atoms with Crippen molar-refractivity contribution in [3.8, 4) is 0 Å². The average Bonchev–Trinajstić information content (AvgIpc) is 3.10. The molecule has 0 spiro atoms. The minimum Gasteiger partial charge on any atom is -0.481 e. The van der Waals surface area contributed by atoms with Gasteiger partial charge in [-0.25, -0.2) is 0 Å². The molecule has 1 N–H and O–H groups in total. The Kier molecular flexibility index (Phi) is 4.75. The minimum atomic E-state index is -1.06. The van der Waals surface area contributed by atoms with E-state index >= 15 is 0 Å². The summed E-state index contributed by atoms with van der Waals surface area (Å²) in [7, 11) is 1.46. The maximum atomic E-state index is 12.8. The summed E-state index contributed by atoms with van der Waals surface area (Å²) in [6.07, 6.45) is 0.357. The first-order valence-corrected chi connectivity index (χ1v) is 8.84. The number of benzene rings is 1. The van der Waals surface area contributed by atoms with Crippen molar-refractivity contribution in [3.63, 3.8) is 0 Å². The Balaban J connectivity index is 1.90. The fourth-order valence-corrected chi connectivity index (χ4v) is 4.75. The maximum absolute atomic E-state index is 12.8. The number of nitrogens with zero attached hydrogens (tertiary/aromatic N) is 1. The van der Waals surface area contributed by atoms with Crippen molar-refractivity contribution in [1.82, 2.24) is 4.90 Å². The number of carbonyl (C=O) groups excluding carboxylic acids is 1. The summed E-state index contributed by atoms with van der Waals surface area (Å²) in [5, 5.41) is 11.2. The van der Waals surface area contributed by atoms with Crippen LogP contribution in [0.2, 0.25) is 10.0 Å². The Labute approximate surface area is 152 Å². The van der Waals surface area contributed by atoms with Gasteiger partial charge < -0.3 is 14.7 Å². The molecule has 128 valence electrons. The summed E-state index contributed by atoms with van der Waals surface area (Å²) in [4.78, 5) is 26.4. The topological polar surface area (TPSA) is 66.8 Å². The number of carboxylic acids is 1. The summed E-state index contributed by atoms with van der Waals surface area (Å²) < 4.78 is 5.88. The van der Waals surface area contributed by atoms with Crippen LogP contribution in [-0.4, -0.2) is 48.7 Å². The second-order valence-corrected chi connectivity index (χ2v) is 7.75. The number of amides is 1. The molecule has 5 nitrogen and oxygen atoms in total. The van der Waals surface area contributed by atoms with Crippen LogP contribution in [0.25, 0.3) is 10.1 Å². The zero-order chi connectivity index (χ0) is 17.5. The van der Waals surface area contributed by atoms with Crippen LogP contribution in [0, 0.1) is 5.41 Å². The van der Waals surface area contributed by atoms with E-state index in [-0.39, 0.29) is 19.1 Å². The minimum absolute atomic E-state index is 0.0713.